The smallest absolute Gasteiger partial charge is 0.261 e. The molecule has 0 aliphatic heterocycles. The van der Waals surface area contributed by atoms with E-state index >= 15 is 0 Å². The second-order valence-corrected chi connectivity index (χ2v) is 9.71. The molecule has 0 aliphatic carbocycles. The highest BCUT2D eigenvalue weighted by atomic mass is 35.5. The molecule has 0 unspecified atom stereocenters. The molecule has 3 aromatic rings. The summed E-state index contributed by atoms with van der Waals surface area (Å²) < 4.78 is 5.82. The summed E-state index contributed by atoms with van der Waals surface area (Å²) in [5.74, 6) is 0.0847. The summed E-state index contributed by atoms with van der Waals surface area (Å²) >= 11 is 12.4. The molecule has 0 saturated carbocycles. The molecular weight excluding hydrogens is 495 g/mol. The molecule has 0 aliphatic rings. The number of nitrogens with zero attached hydrogens (tertiary/aromatic N) is 1. The van der Waals surface area contributed by atoms with Crippen LogP contribution in [0.2, 0.25) is 10.0 Å². The van der Waals surface area contributed by atoms with Gasteiger partial charge in [0.2, 0.25) is 5.91 Å². The molecule has 1 N–H and O–H groups in total. The molecule has 0 fully saturated rings. The molecule has 3 aromatic carbocycles. The van der Waals surface area contributed by atoms with Crippen LogP contribution in [0.15, 0.2) is 72.8 Å². The van der Waals surface area contributed by atoms with Crippen molar-refractivity contribution in [2.75, 3.05) is 6.61 Å². The number of nitrogens with one attached hydrogen (secondary N) is 1. The Bertz CT molecular complexity index is 1170. The normalized spacial score (nSPS) is 12.5. The van der Waals surface area contributed by atoms with E-state index < -0.39 is 6.04 Å². The lowest BCUT2D eigenvalue weighted by Crippen LogP contribution is -2.53. The van der Waals surface area contributed by atoms with Gasteiger partial charge in [-0.25, -0.2) is 0 Å². The molecule has 0 heterocycles. The van der Waals surface area contributed by atoms with E-state index in [2.05, 4.69) is 5.32 Å². The Balaban J connectivity index is 1.93. The number of carbonyl (C=O) groups is 2. The number of rotatable bonds is 11. The van der Waals surface area contributed by atoms with Crippen molar-refractivity contribution < 1.29 is 14.3 Å². The number of aryl methyl sites for hydroxylation is 1. The number of benzene rings is 3. The first-order valence-electron chi connectivity index (χ1n) is 12.0. The van der Waals surface area contributed by atoms with Gasteiger partial charge < -0.3 is 15.0 Å². The molecule has 0 spiro atoms. The van der Waals surface area contributed by atoms with E-state index in [1.54, 1.807) is 23.1 Å². The minimum atomic E-state index is -0.746. The molecule has 2 amide bonds. The minimum Gasteiger partial charge on any atom is -0.484 e. The Morgan fingerprint density at radius 3 is 2.36 bits per heavy atom. The van der Waals surface area contributed by atoms with Gasteiger partial charge >= 0.3 is 0 Å². The van der Waals surface area contributed by atoms with Crippen LogP contribution >= 0.6 is 23.2 Å². The van der Waals surface area contributed by atoms with Crippen molar-refractivity contribution in [2.24, 2.45) is 0 Å². The number of carbonyl (C=O) groups excluding carboxylic acids is 2. The van der Waals surface area contributed by atoms with Gasteiger partial charge in [-0.2, -0.15) is 0 Å². The lowest BCUT2D eigenvalue weighted by atomic mass is 10.0. The standard InChI is InChI=1S/C29H32Cl2N2O3/c1-4-21(3)32-29(35)27(17-22-10-6-5-7-11-22)33(18-23-13-14-25(30)26(31)16-23)28(34)19-36-24-12-8-9-20(2)15-24/h5-16,21,27H,4,17-19H2,1-3H3,(H,32,35)/t21-,27-/m0/s1. The van der Waals surface area contributed by atoms with Crippen LogP contribution in [0.1, 0.15) is 37.0 Å². The monoisotopic (exact) mass is 526 g/mol. The lowest BCUT2D eigenvalue weighted by molar-refractivity contribution is -0.143. The van der Waals surface area contributed by atoms with Crippen LogP contribution in [0.3, 0.4) is 0 Å². The first-order valence-corrected chi connectivity index (χ1v) is 12.8. The van der Waals surface area contributed by atoms with Crippen LogP contribution in [0.4, 0.5) is 0 Å². The van der Waals surface area contributed by atoms with Crippen molar-refractivity contribution >= 4 is 35.0 Å². The third-order valence-corrected chi connectivity index (χ3v) is 6.70. The topological polar surface area (TPSA) is 58.6 Å². The fourth-order valence-corrected chi connectivity index (χ4v) is 4.08. The van der Waals surface area contributed by atoms with Crippen molar-refractivity contribution in [1.82, 2.24) is 10.2 Å². The molecule has 0 radical (unpaired) electrons. The summed E-state index contributed by atoms with van der Waals surface area (Å²) in [6, 6.07) is 21.6. The summed E-state index contributed by atoms with van der Waals surface area (Å²) in [5, 5.41) is 3.87. The molecule has 3 rings (SSSR count). The quantitative estimate of drug-likeness (QED) is 0.322. The molecule has 0 aromatic heterocycles. The average molecular weight is 527 g/mol. The zero-order valence-corrected chi connectivity index (χ0v) is 22.4. The maximum atomic E-state index is 13.6. The third-order valence-electron chi connectivity index (χ3n) is 5.96. The van der Waals surface area contributed by atoms with E-state index in [1.807, 2.05) is 75.4 Å². The summed E-state index contributed by atoms with van der Waals surface area (Å²) in [5.41, 5.74) is 2.75. The molecule has 7 heteroatoms. The summed E-state index contributed by atoms with van der Waals surface area (Å²) in [4.78, 5) is 28.7. The Hall–Kier alpha value is -3.02. The van der Waals surface area contributed by atoms with Crippen LogP contribution in [-0.2, 0) is 22.6 Å². The van der Waals surface area contributed by atoms with Crippen molar-refractivity contribution in [3.63, 3.8) is 0 Å². The fraction of sp³-hybridized carbons (Fsp3) is 0.310. The molecular formula is C29H32Cl2N2O3. The number of halogens is 2. The number of ether oxygens (including phenoxy) is 1. The largest absolute Gasteiger partial charge is 0.484 e. The highest BCUT2D eigenvalue weighted by Crippen LogP contribution is 2.24. The van der Waals surface area contributed by atoms with E-state index in [0.29, 0.717) is 22.2 Å². The number of hydrogen-bond acceptors (Lipinski definition) is 3. The van der Waals surface area contributed by atoms with Crippen LogP contribution in [0.5, 0.6) is 5.75 Å². The Morgan fingerprint density at radius 1 is 0.944 bits per heavy atom. The zero-order valence-electron chi connectivity index (χ0n) is 20.8. The Morgan fingerprint density at radius 2 is 1.69 bits per heavy atom. The molecule has 5 nitrogen and oxygen atoms in total. The number of amides is 2. The van der Waals surface area contributed by atoms with E-state index in [4.69, 9.17) is 27.9 Å². The molecule has 36 heavy (non-hydrogen) atoms. The summed E-state index contributed by atoms with van der Waals surface area (Å²) in [6.45, 7) is 5.89. The first-order chi connectivity index (χ1) is 17.3. The molecule has 190 valence electrons. The van der Waals surface area contributed by atoms with Gasteiger partial charge in [0.25, 0.3) is 5.91 Å². The average Bonchev–Trinajstić information content (AvgIpc) is 2.87. The maximum absolute atomic E-state index is 13.6. The highest BCUT2D eigenvalue weighted by molar-refractivity contribution is 6.42. The van der Waals surface area contributed by atoms with E-state index in [9.17, 15) is 9.59 Å². The van der Waals surface area contributed by atoms with Crippen LogP contribution in [-0.4, -0.2) is 35.4 Å². The van der Waals surface area contributed by atoms with Gasteiger partial charge in [0.15, 0.2) is 6.61 Å². The fourth-order valence-electron chi connectivity index (χ4n) is 3.76. The highest BCUT2D eigenvalue weighted by Gasteiger charge is 2.31. The van der Waals surface area contributed by atoms with Crippen molar-refractivity contribution in [3.8, 4) is 5.75 Å². The van der Waals surface area contributed by atoms with Gasteiger partial charge in [0.1, 0.15) is 11.8 Å². The summed E-state index contributed by atoms with van der Waals surface area (Å²) in [6.07, 6.45) is 1.14. The second-order valence-electron chi connectivity index (χ2n) is 8.90. The predicted molar refractivity (Wildman–Crippen MR) is 146 cm³/mol. The van der Waals surface area contributed by atoms with E-state index in [1.165, 1.54) is 0 Å². The van der Waals surface area contributed by atoms with Crippen molar-refractivity contribution in [1.29, 1.82) is 0 Å². The zero-order chi connectivity index (χ0) is 26.1. The minimum absolute atomic E-state index is 0.0266. The van der Waals surface area contributed by atoms with Gasteiger partial charge in [0, 0.05) is 19.0 Å². The molecule has 2 atom stereocenters. The van der Waals surface area contributed by atoms with Crippen LogP contribution < -0.4 is 10.1 Å². The number of hydrogen-bond donors (Lipinski definition) is 1. The Labute approximate surface area is 223 Å². The van der Waals surface area contributed by atoms with Crippen LogP contribution in [0, 0.1) is 6.92 Å². The first kappa shape index (κ1) is 27.6. The Kier molecular flexibility index (Phi) is 10.2. The van der Waals surface area contributed by atoms with Crippen molar-refractivity contribution in [3.05, 3.63) is 99.5 Å². The van der Waals surface area contributed by atoms with Gasteiger partial charge in [-0.15, -0.1) is 0 Å². The lowest BCUT2D eigenvalue weighted by Gasteiger charge is -2.32. The van der Waals surface area contributed by atoms with E-state index in [0.717, 1.165) is 23.1 Å². The third kappa shape index (κ3) is 8.00. The second kappa shape index (κ2) is 13.3. The van der Waals surface area contributed by atoms with Crippen molar-refractivity contribution in [2.45, 2.75) is 52.2 Å². The molecule has 0 saturated heterocycles. The van der Waals surface area contributed by atoms with Gasteiger partial charge in [-0.05, 0) is 61.2 Å². The summed E-state index contributed by atoms with van der Waals surface area (Å²) in [7, 11) is 0. The predicted octanol–water partition coefficient (Wildman–Crippen LogP) is 6.24. The molecule has 0 bridgehead atoms. The SMILES string of the molecule is CC[C@H](C)NC(=O)[C@H](Cc1ccccc1)N(Cc1ccc(Cl)c(Cl)c1)C(=O)COc1cccc(C)c1. The maximum Gasteiger partial charge on any atom is 0.261 e. The van der Waals surface area contributed by atoms with E-state index in [-0.39, 0.29) is 31.0 Å². The van der Waals surface area contributed by atoms with Crippen LogP contribution in [0.25, 0.3) is 0 Å². The van der Waals surface area contributed by atoms with Gasteiger partial charge in [-0.3, -0.25) is 9.59 Å². The van der Waals surface area contributed by atoms with Gasteiger partial charge in [0.05, 0.1) is 10.0 Å². The van der Waals surface area contributed by atoms with Gasteiger partial charge in [-0.1, -0.05) is 78.7 Å².